The summed E-state index contributed by atoms with van der Waals surface area (Å²) in [6.45, 7) is 7.69. The molecule has 4 heterocycles. The van der Waals surface area contributed by atoms with E-state index in [1.54, 1.807) is 24.3 Å². The van der Waals surface area contributed by atoms with Gasteiger partial charge in [-0.05, 0) is 99.1 Å². The number of rotatable bonds is 8. The predicted octanol–water partition coefficient (Wildman–Crippen LogP) is 4.94. The topological polar surface area (TPSA) is 157 Å². The Kier molecular flexibility index (Phi) is 12.6. The van der Waals surface area contributed by atoms with Crippen LogP contribution in [0.5, 0.6) is 0 Å². The van der Waals surface area contributed by atoms with Crippen molar-refractivity contribution in [3.63, 3.8) is 0 Å². The maximum atomic E-state index is 12.0. The van der Waals surface area contributed by atoms with Crippen molar-refractivity contribution in [2.75, 3.05) is 50.4 Å². The number of hydrogen-bond acceptors (Lipinski definition) is 9. The molecule has 0 atom stereocenters. The van der Waals surface area contributed by atoms with Crippen molar-refractivity contribution in [2.45, 2.75) is 38.8 Å². The van der Waals surface area contributed by atoms with Crippen LogP contribution < -0.4 is 21.7 Å². The fraction of sp³-hybridized carbons (Fsp3) is 0.333. The SMILES string of the molecule is Nc1cccc2c1C(=O)NC2=O.O=C1NC(=O)c2c(NCC3CCN(Cc4ccccc4)CC3)cccc21.OCC1CCN(Cc2ccccc2)CC1. The van der Waals surface area contributed by atoms with Crippen LogP contribution in [0, 0.1) is 11.8 Å². The van der Waals surface area contributed by atoms with E-state index in [9.17, 15) is 19.2 Å². The molecule has 6 N–H and O–H groups in total. The molecule has 0 spiro atoms. The van der Waals surface area contributed by atoms with E-state index >= 15 is 0 Å². The molecule has 0 unspecified atom stereocenters. The lowest BCUT2D eigenvalue weighted by Crippen LogP contribution is -2.35. The van der Waals surface area contributed by atoms with Crippen molar-refractivity contribution in [2.24, 2.45) is 11.8 Å². The summed E-state index contributed by atoms with van der Waals surface area (Å²) in [7, 11) is 0. The van der Waals surface area contributed by atoms with Gasteiger partial charge in [0.25, 0.3) is 23.6 Å². The summed E-state index contributed by atoms with van der Waals surface area (Å²) in [6.07, 6.45) is 4.56. The summed E-state index contributed by atoms with van der Waals surface area (Å²) < 4.78 is 0. The summed E-state index contributed by atoms with van der Waals surface area (Å²) in [5.41, 5.74) is 11.0. The zero-order valence-electron chi connectivity index (χ0n) is 29.9. The molecule has 4 aromatic carbocycles. The summed E-state index contributed by atoms with van der Waals surface area (Å²) in [4.78, 5) is 50.8. The van der Waals surface area contributed by atoms with Crippen LogP contribution >= 0.6 is 0 Å². The number of nitrogens with zero attached hydrogens (tertiary/aromatic N) is 2. The number of amides is 4. The molecule has 8 rings (SSSR count). The Balaban J connectivity index is 0.000000150. The van der Waals surface area contributed by atoms with Crippen LogP contribution in [0.2, 0.25) is 0 Å². The van der Waals surface area contributed by atoms with Crippen molar-refractivity contribution in [1.82, 2.24) is 20.4 Å². The van der Waals surface area contributed by atoms with Gasteiger partial charge in [-0.2, -0.15) is 0 Å². The summed E-state index contributed by atoms with van der Waals surface area (Å²) >= 11 is 0. The summed E-state index contributed by atoms with van der Waals surface area (Å²) in [6, 6.07) is 31.4. The highest BCUT2D eigenvalue weighted by Crippen LogP contribution is 2.26. The minimum absolute atomic E-state index is 0.294. The molecule has 0 aliphatic carbocycles. The monoisotopic (exact) mass is 716 g/mol. The van der Waals surface area contributed by atoms with Crippen LogP contribution in [0.1, 0.15) is 78.2 Å². The predicted molar refractivity (Wildman–Crippen MR) is 205 cm³/mol. The molecule has 2 fully saturated rings. The third-order valence-electron chi connectivity index (χ3n) is 10.3. The summed E-state index contributed by atoms with van der Waals surface area (Å²) in [5, 5.41) is 17.0. The first kappa shape index (κ1) is 37.4. The van der Waals surface area contributed by atoms with Gasteiger partial charge in [0.15, 0.2) is 0 Å². The van der Waals surface area contributed by atoms with E-state index in [0.717, 1.165) is 77.2 Å². The molecule has 53 heavy (non-hydrogen) atoms. The van der Waals surface area contributed by atoms with Gasteiger partial charge >= 0.3 is 0 Å². The maximum absolute atomic E-state index is 12.0. The van der Waals surface area contributed by atoms with Crippen LogP contribution in [-0.4, -0.2) is 77.9 Å². The number of aliphatic hydroxyl groups excluding tert-OH is 1. The van der Waals surface area contributed by atoms with Gasteiger partial charge in [-0.3, -0.25) is 39.6 Å². The molecule has 4 aromatic rings. The third-order valence-corrected chi connectivity index (χ3v) is 10.3. The van der Waals surface area contributed by atoms with Crippen LogP contribution in [-0.2, 0) is 13.1 Å². The van der Waals surface area contributed by atoms with Gasteiger partial charge in [-0.15, -0.1) is 0 Å². The van der Waals surface area contributed by atoms with Gasteiger partial charge in [0.1, 0.15) is 0 Å². The second-order valence-corrected chi connectivity index (χ2v) is 14.0. The molecule has 276 valence electrons. The Morgan fingerprint density at radius 3 is 1.57 bits per heavy atom. The lowest BCUT2D eigenvalue weighted by atomic mass is 9.96. The first-order valence-electron chi connectivity index (χ1n) is 18.4. The number of nitrogens with one attached hydrogen (secondary N) is 3. The number of piperidine rings is 2. The van der Waals surface area contributed by atoms with E-state index in [1.165, 1.54) is 11.1 Å². The molecular formula is C42H48N6O5. The van der Waals surface area contributed by atoms with Crippen LogP contribution in [0.15, 0.2) is 97.1 Å². The zero-order valence-corrected chi connectivity index (χ0v) is 29.9. The van der Waals surface area contributed by atoms with Crippen LogP contribution in [0.4, 0.5) is 11.4 Å². The highest BCUT2D eigenvalue weighted by Gasteiger charge is 2.30. The van der Waals surface area contributed by atoms with Crippen molar-refractivity contribution < 1.29 is 24.3 Å². The van der Waals surface area contributed by atoms with Gasteiger partial charge < -0.3 is 16.2 Å². The van der Waals surface area contributed by atoms with Crippen LogP contribution in [0.3, 0.4) is 0 Å². The Labute approximate surface area is 310 Å². The molecule has 11 heteroatoms. The number of likely N-dealkylation sites (tertiary alicyclic amines) is 2. The fourth-order valence-corrected chi connectivity index (χ4v) is 7.23. The van der Waals surface area contributed by atoms with Crippen LogP contribution in [0.25, 0.3) is 0 Å². The second-order valence-electron chi connectivity index (χ2n) is 14.0. The smallest absolute Gasteiger partial charge is 0.261 e. The number of imide groups is 2. The van der Waals surface area contributed by atoms with E-state index in [1.807, 2.05) is 12.1 Å². The first-order valence-corrected chi connectivity index (χ1v) is 18.4. The lowest BCUT2D eigenvalue weighted by molar-refractivity contribution is 0.0863. The molecule has 0 aromatic heterocycles. The molecule has 4 amide bonds. The Morgan fingerprint density at radius 2 is 1.06 bits per heavy atom. The third kappa shape index (κ3) is 9.75. The molecular weight excluding hydrogens is 668 g/mol. The number of carbonyl (C=O) groups is 4. The standard InChI is InChI=1S/C21H23N3O2.C13H19NO.C8H6N2O2/c25-20-17-7-4-8-18(19(17)21(26)23-20)22-13-15-9-11-24(12-10-15)14-16-5-2-1-3-6-16;15-11-13-6-8-14(9-7-13)10-12-4-2-1-3-5-12;9-5-3-1-2-4-6(5)8(12)10-7(4)11/h1-8,15,22H,9-14H2,(H,23,25,26);1-5,13,15H,6-11H2;1-3H,9H2,(H,10,11,12). The number of nitrogen functional groups attached to an aromatic ring is 1. The average molecular weight is 717 g/mol. The molecule has 0 saturated carbocycles. The fourth-order valence-electron chi connectivity index (χ4n) is 7.23. The molecule has 2 saturated heterocycles. The number of nitrogens with two attached hydrogens (primary N) is 1. The number of fused-ring (bicyclic) bond motifs is 2. The second kappa shape index (κ2) is 17.9. The number of carbonyl (C=O) groups excluding carboxylic acids is 4. The number of hydrogen-bond donors (Lipinski definition) is 5. The highest BCUT2D eigenvalue weighted by atomic mass is 16.3. The van der Waals surface area contributed by atoms with Crippen molar-refractivity contribution in [3.8, 4) is 0 Å². The Hall–Kier alpha value is -5.36. The quantitative estimate of drug-likeness (QED) is 0.126. The summed E-state index contributed by atoms with van der Waals surface area (Å²) in [5.74, 6) is -0.265. The maximum Gasteiger partial charge on any atom is 0.261 e. The van der Waals surface area contributed by atoms with Gasteiger partial charge in [0.2, 0.25) is 0 Å². The largest absolute Gasteiger partial charge is 0.398 e. The first-order chi connectivity index (χ1) is 25.8. The highest BCUT2D eigenvalue weighted by molar-refractivity contribution is 6.24. The van der Waals surface area contributed by atoms with Crippen molar-refractivity contribution in [1.29, 1.82) is 0 Å². The van der Waals surface area contributed by atoms with E-state index < -0.39 is 5.91 Å². The normalized spacial score (nSPS) is 17.5. The van der Waals surface area contributed by atoms with Crippen molar-refractivity contribution >= 4 is 35.0 Å². The van der Waals surface area contributed by atoms with Gasteiger partial charge in [-0.25, -0.2) is 0 Å². The lowest BCUT2D eigenvalue weighted by Gasteiger charge is -2.32. The Morgan fingerprint density at radius 1 is 0.585 bits per heavy atom. The minimum Gasteiger partial charge on any atom is -0.398 e. The van der Waals surface area contributed by atoms with E-state index in [0.29, 0.717) is 46.4 Å². The minimum atomic E-state index is -0.409. The number of anilines is 2. The molecule has 4 aliphatic heterocycles. The molecule has 0 bridgehead atoms. The Bertz CT molecular complexity index is 1890. The molecule has 0 radical (unpaired) electrons. The van der Waals surface area contributed by atoms with Gasteiger partial charge in [0.05, 0.1) is 22.3 Å². The van der Waals surface area contributed by atoms with E-state index in [4.69, 9.17) is 10.8 Å². The molecule has 11 nitrogen and oxygen atoms in total. The number of aliphatic hydroxyl groups is 1. The van der Waals surface area contributed by atoms with E-state index in [-0.39, 0.29) is 17.7 Å². The average Bonchev–Trinajstić information content (AvgIpc) is 3.66. The molecule has 4 aliphatic rings. The number of benzene rings is 4. The van der Waals surface area contributed by atoms with E-state index in [2.05, 4.69) is 86.4 Å². The zero-order chi connectivity index (χ0) is 37.2. The van der Waals surface area contributed by atoms with Gasteiger partial charge in [-0.1, -0.05) is 72.8 Å². The van der Waals surface area contributed by atoms with Gasteiger partial charge in [0, 0.05) is 37.6 Å². The van der Waals surface area contributed by atoms with Crippen molar-refractivity contribution in [3.05, 3.63) is 130 Å².